The normalized spacial score (nSPS) is 15.0. The van der Waals surface area contributed by atoms with Crippen molar-refractivity contribution in [2.24, 2.45) is 11.7 Å². The van der Waals surface area contributed by atoms with Gasteiger partial charge in [-0.2, -0.15) is 8.78 Å². The third-order valence-corrected chi connectivity index (χ3v) is 3.40. The number of carbonyl (C=O) groups excluding carboxylic acids is 1. The molecular formula is C14H19ClF2N2O3. The quantitative estimate of drug-likeness (QED) is 0.800. The van der Waals surface area contributed by atoms with Crippen LogP contribution >= 0.6 is 12.4 Å². The van der Waals surface area contributed by atoms with Crippen molar-refractivity contribution >= 4 is 18.3 Å². The number of carbonyl (C=O) groups is 1. The lowest BCUT2D eigenvalue weighted by molar-refractivity contribution is -0.0512. The van der Waals surface area contributed by atoms with E-state index >= 15 is 0 Å². The second-order valence-corrected chi connectivity index (χ2v) is 4.90. The van der Waals surface area contributed by atoms with Gasteiger partial charge in [-0.05, 0) is 37.0 Å². The van der Waals surface area contributed by atoms with Crippen LogP contribution < -0.4 is 20.5 Å². The minimum Gasteiger partial charge on any atom is -0.493 e. The summed E-state index contributed by atoms with van der Waals surface area (Å²) >= 11 is 0. The van der Waals surface area contributed by atoms with Gasteiger partial charge in [0, 0.05) is 18.2 Å². The van der Waals surface area contributed by atoms with Gasteiger partial charge in [-0.15, -0.1) is 12.4 Å². The number of hydrogen-bond acceptors (Lipinski definition) is 4. The van der Waals surface area contributed by atoms with Crippen molar-refractivity contribution < 1.29 is 23.0 Å². The molecule has 0 spiro atoms. The summed E-state index contributed by atoms with van der Waals surface area (Å²) in [5, 5.41) is 2.82. The van der Waals surface area contributed by atoms with E-state index in [9.17, 15) is 13.6 Å². The number of nitrogens with one attached hydrogen (secondary N) is 1. The molecule has 0 aliphatic heterocycles. The van der Waals surface area contributed by atoms with Gasteiger partial charge in [0.25, 0.3) is 5.91 Å². The van der Waals surface area contributed by atoms with Crippen LogP contribution in [0.1, 0.15) is 23.2 Å². The lowest BCUT2D eigenvalue weighted by Gasteiger charge is -2.17. The maximum absolute atomic E-state index is 12.4. The van der Waals surface area contributed by atoms with Crippen LogP contribution in [0, 0.1) is 5.92 Å². The zero-order valence-corrected chi connectivity index (χ0v) is 12.9. The number of amides is 1. The molecule has 1 aliphatic carbocycles. The molecule has 1 aromatic rings. The number of methoxy groups -OCH3 is 1. The highest BCUT2D eigenvalue weighted by Crippen LogP contribution is 2.33. The summed E-state index contributed by atoms with van der Waals surface area (Å²) in [5.41, 5.74) is 5.85. The summed E-state index contributed by atoms with van der Waals surface area (Å²) in [7, 11) is 1.34. The molecule has 1 unspecified atom stereocenters. The molecule has 1 atom stereocenters. The minimum absolute atomic E-state index is 0. The molecule has 124 valence electrons. The second kappa shape index (κ2) is 8.14. The smallest absolute Gasteiger partial charge is 0.387 e. The van der Waals surface area contributed by atoms with E-state index < -0.39 is 6.61 Å². The summed E-state index contributed by atoms with van der Waals surface area (Å²) in [4.78, 5) is 12.1. The van der Waals surface area contributed by atoms with Crippen LogP contribution in [0.4, 0.5) is 8.78 Å². The first kappa shape index (κ1) is 18.4. The van der Waals surface area contributed by atoms with E-state index in [1.807, 2.05) is 0 Å². The third kappa shape index (κ3) is 4.71. The molecule has 1 aromatic carbocycles. The molecule has 0 heterocycles. The number of halogens is 3. The van der Waals surface area contributed by atoms with Crippen molar-refractivity contribution in [2.75, 3.05) is 13.7 Å². The maximum Gasteiger partial charge on any atom is 0.387 e. The van der Waals surface area contributed by atoms with Crippen LogP contribution in [0.15, 0.2) is 18.2 Å². The number of hydrogen-bond donors (Lipinski definition) is 2. The molecule has 1 fully saturated rings. The molecule has 0 aromatic heterocycles. The largest absolute Gasteiger partial charge is 0.493 e. The molecule has 0 saturated heterocycles. The predicted octanol–water partition coefficient (Wildman–Crippen LogP) is 2.19. The summed E-state index contributed by atoms with van der Waals surface area (Å²) in [6.45, 7) is -2.63. The number of benzene rings is 1. The third-order valence-electron chi connectivity index (χ3n) is 3.40. The summed E-state index contributed by atoms with van der Waals surface area (Å²) in [6.07, 6.45) is 2.09. The fourth-order valence-electron chi connectivity index (χ4n) is 2.13. The molecular weight excluding hydrogens is 318 g/mol. The highest BCUT2D eigenvalue weighted by Gasteiger charge is 2.31. The van der Waals surface area contributed by atoms with E-state index in [0.29, 0.717) is 12.5 Å². The summed E-state index contributed by atoms with van der Waals surface area (Å²) < 4.78 is 34.0. The molecule has 22 heavy (non-hydrogen) atoms. The molecule has 5 nitrogen and oxygen atoms in total. The highest BCUT2D eigenvalue weighted by atomic mass is 35.5. The van der Waals surface area contributed by atoms with Crippen LogP contribution in [0.3, 0.4) is 0 Å². The van der Waals surface area contributed by atoms with Crippen molar-refractivity contribution in [1.82, 2.24) is 5.32 Å². The van der Waals surface area contributed by atoms with Crippen molar-refractivity contribution in [3.8, 4) is 11.5 Å². The first-order valence-electron chi connectivity index (χ1n) is 6.69. The van der Waals surface area contributed by atoms with Gasteiger partial charge in [-0.25, -0.2) is 0 Å². The van der Waals surface area contributed by atoms with E-state index in [0.717, 1.165) is 12.8 Å². The highest BCUT2D eigenvalue weighted by molar-refractivity contribution is 5.95. The SMILES string of the molecule is COc1ccc(C(=O)NC(CN)C2CC2)cc1OC(F)F.Cl. The molecule has 1 saturated carbocycles. The Bertz CT molecular complexity index is 513. The van der Waals surface area contributed by atoms with Gasteiger partial charge in [0.05, 0.1) is 7.11 Å². The van der Waals surface area contributed by atoms with Gasteiger partial charge in [0.15, 0.2) is 11.5 Å². The Kier molecular flexibility index (Phi) is 6.83. The Balaban J connectivity index is 0.00000242. The average Bonchev–Trinajstić information content (AvgIpc) is 3.28. The molecule has 0 bridgehead atoms. The van der Waals surface area contributed by atoms with Crippen LogP contribution in [-0.2, 0) is 0 Å². The van der Waals surface area contributed by atoms with Crippen LogP contribution in [-0.4, -0.2) is 32.2 Å². The van der Waals surface area contributed by atoms with E-state index in [-0.39, 0.29) is 41.4 Å². The minimum atomic E-state index is -2.99. The lowest BCUT2D eigenvalue weighted by Crippen LogP contribution is -2.41. The number of rotatable bonds is 7. The van der Waals surface area contributed by atoms with E-state index in [1.54, 1.807) is 0 Å². The van der Waals surface area contributed by atoms with Crippen molar-refractivity contribution in [3.63, 3.8) is 0 Å². The average molecular weight is 337 g/mol. The van der Waals surface area contributed by atoms with Gasteiger partial charge in [-0.1, -0.05) is 0 Å². The fraction of sp³-hybridized carbons (Fsp3) is 0.500. The molecule has 8 heteroatoms. The second-order valence-electron chi connectivity index (χ2n) is 4.90. The Morgan fingerprint density at radius 1 is 1.41 bits per heavy atom. The number of alkyl halides is 2. The van der Waals surface area contributed by atoms with E-state index in [4.69, 9.17) is 10.5 Å². The topological polar surface area (TPSA) is 73.6 Å². The standard InChI is InChI=1S/C14H18F2N2O3.ClH/c1-20-11-5-4-9(6-12(11)21-14(15)16)13(19)18-10(7-17)8-2-3-8;/h4-6,8,10,14H,2-3,7,17H2,1H3,(H,18,19);1H. The zero-order chi connectivity index (χ0) is 15.4. The number of nitrogens with two attached hydrogens (primary N) is 1. The first-order valence-corrected chi connectivity index (χ1v) is 6.69. The fourth-order valence-corrected chi connectivity index (χ4v) is 2.13. The van der Waals surface area contributed by atoms with Crippen LogP contribution in [0.2, 0.25) is 0 Å². The van der Waals surface area contributed by atoms with Crippen LogP contribution in [0.25, 0.3) is 0 Å². The Morgan fingerprint density at radius 3 is 2.59 bits per heavy atom. The lowest BCUT2D eigenvalue weighted by atomic mass is 10.1. The molecule has 1 aliphatic rings. The zero-order valence-electron chi connectivity index (χ0n) is 12.1. The monoisotopic (exact) mass is 336 g/mol. The molecule has 1 amide bonds. The van der Waals surface area contributed by atoms with E-state index in [1.165, 1.54) is 25.3 Å². The Hall–Kier alpha value is -1.60. The van der Waals surface area contributed by atoms with Gasteiger partial charge in [-0.3, -0.25) is 4.79 Å². The molecule has 0 radical (unpaired) electrons. The summed E-state index contributed by atoms with van der Waals surface area (Å²) in [5.74, 6) is 0.0217. The van der Waals surface area contributed by atoms with Crippen molar-refractivity contribution in [1.29, 1.82) is 0 Å². The maximum atomic E-state index is 12.4. The van der Waals surface area contributed by atoms with Gasteiger partial charge in [0.1, 0.15) is 0 Å². The Morgan fingerprint density at radius 2 is 2.09 bits per heavy atom. The summed E-state index contributed by atoms with van der Waals surface area (Å²) in [6, 6.07) is 4.06. The van der Waals surface area contributed by atoms with Crippen molar-refractivity contribution in [3.05, 3.63) is 23.8 Å². The number of ether oxygens (including phenoxy) is 2. The predicted molar refractivity (Wildman–Crippen MR) is 79.9 cm³/mol. The van der Waals surface area contributed by atoms with Crippen molar-refractivity contribution in [2.45, 2.75) is 25.5 Å². The van der Waals surface area contributed by atoms with E-state index in [2.05, 4.69) is 10.1 Å². The van der Waals surface area contributed by atoms with Gasteiger partial charge in [0.2, 0.25) is 0 Å². The molecule has 3 N–H and O–H groups in total. The van der Waals surface area contributed by atoms with Crippen LogP contribution in [0.5, 0.6) is 11.5 Å². The van der Waals surface area contributed by atoms with Gasteiger partial charge < -0.3 is 20.5 Å². The van der Waals surface area contributed by atoms with Gasteiger partial charge >= 0.3 is 6.61 Å². The Labute approximate surface area is 133 Å². The molecule has 2 rings (SSSR count). The first-order chi connectivity index (χ1) is 10.0.